The monoisotopic (exact) mass is 786 g/mol. The topological polar surface area (TPSA) is 151 Å². The van der Waals surface area contributed by atoms with Gasteiger partial charge < -0.3 is 30.3 Å². The van der Waals surface area contributed by atoms with Gasteiger partial charge in [-0.2, -0.15) is 0 Å². The Bertz CT molecular complexity index is 2550. The van der Waals surface area contributed by atoms with Gasteiger partial charge in [0.1, 0.15) is 23.0 Å². The number of carbonyl (C=O) groups excluding carboxylic acids is 2. The molecule has 10 heteroatoms. The Hall–Kier alpha value is -7.20. The van der Waals surface area contributed by atoms with Crippen molar-refractivity contribution in [2.75, 3.05) is 7.05 Å². The molecule has 10 nitrogen and oxygen atoms in total. The zero-order valence-electron chi connectivity index (χ0n) is 32.5. The van der Waals surface area contributed by atoms with Gasteiger partial charge >= 0.3 is 11.9 Å². The van der Waals surface area contributed by atoms with Crippen LogP contribution in [0.5, 0.6) is 23.0 Å². The number of carbonyl (C=O) groups is 4. The Kier molecular flexibility index (Phi) is 10.5. The third kappa shape index (κ3) is 7.29. The molecule has 1 saturated carbocycles. The van der Waals surface area contributed by atoms with E-state index in [2.05, 4.69) is 41.8 Å². The summed E-state index contributed by atoms with van der Waals surface area (Å²) in [5, 5.41) is 25.1. The molecule has 4 N–H and O–H groups in total. The molecule has 2 aliphatic rings. The Morgan fingerprint density at radius 2 is 0.966 bits per heavy atom. The SMILES string of the molecule is CNC(=O)c1cc(Oc2ccc(C3(c4ccc(Oc5ccc(C(=O)O)c(C(=O)NC6CCC(C)CC6)c5)cc4)c4ccccc4-c4ccccc43)cc2)ccc1C(=O)O. The highest BCUT2D eigenvalue weighted by Crippen LogP contribution is 2.56. The molecule has 0 saturated heterocycles. The van der Waals surface area contributed by atoms with Gasteiger partial charge in [-0.05, 0) is 126 Å². The quantitative estimate of drug-likeness (QED) is 0.101. The van der Waals surface area contributed by atoms with Gasteiger partial charge in [0.15, 0.2) is 0 Å². The minimum Gasteiger partial charge on any atom is -0.478 e. The van der Waals surface area contributed by atoms with Crippen molar-refractivity contribution in [2.45, 2.75) is 44.1 Å². The highest BCUT2D eigenvalue weighted by molar-refractivity contribution is 6.06. The predicted octanol–water partition coefficient (Wildman–Crippen LogP) is 9.70. The van der Waals surface area contributed by atoms with Crippen LogP contribution in [-0.2, 0) is 5.41 Å². The average Bonchev–Trinajstić information content (AvgIpc) is 3.55. The number of rotatable bonds is 11. The third-order valence-electron chi connectivity index (χ3n) is 11.5. The van der Waals surface area contributed by atoms with Crippen molar-refractivity contribution in [1.82, 2.24) is 10.6 Å². The van der Waals surface area contributed by atoms with Crippen LogP contribution < -0.4 is 20.1 Å². The van der Waals surface area contributed by atoms with E-state index in [-0.39, 0.29) is 28.3 Å². The molecule has 59 heavy (non-hydrogen) atoms. The molecule has 0 bridgehead atoms. The first-order chi connectivity index (χ1) is 28.6. The fourth-order valence-corrected chi connectivity index (χ4v) is 8.57. The van der Waals surface area contributed by atoms with Crippen LogP contribution >= 0.6 is 0 Å². The van der Waals surface area contributed by atoms with Crippen LogP contribution in [0, 0.1) is 5.92 Å². The number of carboxylic acids is 2. The number of carboxylic acid groups (broad SMARTS) is 2. The van der Waals surface area contributed by atoms with Crippen molar-refractivity contribution in [3.8, 4) is 34.1 Å². The summed E-state index contributed by atoms with van der Waals surface area (Å²) in [5.41, 5.74) is 5.43. The van der Waals surface area contributed by atoms with Crippen LogP contribution in [0.15, 0.2) is 133 Å². The molecule has 2 aliphatic carbocycles. The number of ether oxygens (including phenoxy) is 2. The van der Waals surface area contributed by atoms with Crippen molar-refractivity contribution >= 4 is 23.8 Å². The van der Waals surface area contributed by atoms with E-state index in [1.807, 2.05) is 72.8 Å². The third-order valence-corrected chi connectivity index (χ3v) is 11.5. The predicted molar refractivity (Wildman–Crippen MR) is 223 cm³/mol. The van der Waals surface area contributed by atoms with E-state index in [4.69, 9.17) is 9.47 Å². The van der Waals surface area contributed by atoms with Crippen molar-refractivity contribution < 1.29 is 38.9 Å². The zero-order valence-corrected chi connectivity index (χ0v) is 32.5. The molecule has 6 aromatic carbocycles. The summed E-state index contributed by atoms with van der Waals surface area (Å²) in [5.74, 6) is -1.10. The second-order valence-corrected chi connectivity index (χ2v) is 15.1. The van der Waals surface area contributed by atoms with Gasteiger partial charge in [0.05, 0.1) is 27.7 Å². The summed E-state index contributed by atoms with van der Waals surface area (Å²) in [6.07, 6.45) is 3.75. The molecule has 0 aromatic heterocycles. The summed E-state index contributed by atoms with van der Waals surface area (Å²) in [4.78, 5) is 49.8. The molecule has 0 heterocycles. The second-order valence-electron chi connectivity index (χ2n) is 15.1. The minimum absolute atomic E-state index is 0.000625. The maximum Gasteiger partial charge on any atom is 0.336 e. The fourth-order valence-electron chi connectivity index (χ4n) is 8.57. The molecule has 2 amide bonds. The van der Waals surface area contributed by atoms with Gasteiger partial charge in [-0.1, -0.05) is 79.7 Å². The molecular formula is C49H42N2O8. The van der Waals surface area contributed by atoms with Crippen molar-refractivity contribution in [2.24, 2.45) is 5.92 Å². The van der Waals surface area contributed by atoms with E-state index in [1.54, 1.807) is 6.07 Å². The van der Waals surface area contributed by atoms with E-state index >= 15 is 0 Å². The molecule has 6 aromatic rings. The lowest BCUT2D eigenvalue weighted by Crippen LogP contribution is -2.38. The number of amides is 2. The highest BCUT2D eigenvalue weighted by atomic mass is 16.5. The van der Waals surface area contributed by atoms with Crippen LogP contribution in [-0.4, -0.2) is 47.1 Å². The van der Waals surface area contributed by atoms with E-state index in [0.717, 1.165) is 59.1 Å². The van der Waals surface area contributed by atoms with Gasteiger partial charge in [-0.3, -0.25) is 9.59 Å². The van der Waals surface area contributed by atoms with Crippen molar-refractivity contribution in [3.05, 3.63) is 178 Å². The summed E-state index contributed by atoms with van der Waals surface area (Å²) in [7, 11) is 1.44. The lowest BCUT2D eigenvalue weighted by molar-refractivity contribution is 0.0682. The lowest BCUT2D eigenvalue weighted by Gasteiger charge is -2.34. The Morgan fingerprint density at radius 1 is 0.542 bits per heavy atom. The number of aromatic carboxylic acids is 2. The Balaban J connectivity index is 1.13. The molecule has 0 spiro atoms. The first-order valence-corrected chi connectivity index (χ1v) is 19.6. The number of fused-ring (bicyclic) bond motifs is 3. The normalized spacial score (nSPS) is 16.2. The summed E-state index contributed by atoms with van der Waals surface area (Å²) in [6.45, 7) is 2.20. The van der Waals surface area contributed by atoms with E-state index in [9.17, 15) is 29.4 Å². The number of nitrogens with one attached hydrogen (secondary N) is 2. The highest BCUT2D eigenvalue weighted by Gasteiger charge is 2.46. The number of hydrogen-bond acceptors (Lipinski definition) is 6. The molecular weight excluding hydrogens is 745 g/mol. The molecule has 0 aliphatic heterocycles. The fraction of sp³-hybridized carbons (Fsp3) is 0.184. The van der Waals surface area contributed by atoms with Gasteiger partial charge in [-0.25, -0.2) is 9.59 Å². The first-order valence-electron chi connectivity index (χ1n) is 19.6. The minimum atomic E-state index is -1.21. The molecule has 0 atom stereocenters. The van der Waals surface area contributed by atoms with Gasteiger partial charge in [-0.15, -0.1) is 0 Å². The van der Waals surface area contributed by atoms with Crippen LogP contribution in [0.1, 0.15) is 96.3 Å². The summed E-state index contributed by atoms with van der Waals surface area (Å²) >= 11 is 0. The number of hydrogen-bond donors (Lipinski definition) is 4. The summed E-state index contributed by atoms with van der Waals surface area (Å²) in [6, 6.07) is 40.9. The molecule has 0 unspecified atom stereocenters. The van der Waals surface area contributed by atoms with Gasteiger partial charge in [0.25, 0.3) is 11.8 Å². The average molecular weight is 787 g/mol. The first kappa shape index (κ1) is 38.7. The van der Waals surface area contributed by atoms with Crippen molar-refractivity contribution in [1.29, 1.82) is 0 Å². The van der Waals surface area contributed by atoms with Crippen LogP contribution in [0.4, 0.5) is 0 Å². The maximum atomic E-state index is 13.4. The largest absolute Gasteiger partial charge is 0.478 e. The molecule has 296 valence electrons. The molecule has 0 radical (unpaired) electrons. The lowest BCUT2D eigenvalue weighted by atomic mass is 9.68. The number of benzene rings is 6. The van der Waals surface area contributed by atoms with Crippen molar-refractivity contribution in [3.63, 3.8) is 0 Å². The molecule has 8 rings (SSSR count). The summed E-state index contributed by atoms with van der Waals surface area (Å²) < 4.78 is 12.4. The van der Waals surface area contributed by atoms with Crippen LogP contribution in [0.2, 0.25) is 0 Å². The zero-order chi connectivity index (χ0) is 41.3. The smallest absolute Gasteiger partial charge is 0.336 e. The van der Waals surface area contributed by atoms with Crippen LogP contribution in [0.25, 0.3) is 11.1 Å². The standard InChI is InChI=1S/C49H42N2O8/c1-29-11-17-32(18-12-29)51-46(53)42-28-36(24-26-40(42)48(56)57)59-34-21-15-31(16-22-34)49(43-9-5-3-7-37(43)38-8-4-6-10-44(38)49)30-13-19-33(20-14-30)58-35-23-25-39(47(54)55)41(27-35)45(52)50-2/h3-10,13-16,19-29,32H,11-12,17-18H2,1-2H3,(H,50,52)(H,51,53)(H,54,55)(H,56,57). The Morgan fingerprint density at radius 3 is 1.41 bits per heavy atom. The van der Waals surface area contributed by atoms with E-state index < -0.39 is 29.2 Å². The Labute approximate surface area is 341 Å². The van der Waals surface area contributed by atoms with E-state index in [0.29, 0.717) is 28.9 Å². The maximum absolute atomic E-state index is 13.4. The van der Waals surface area contributed by atoms with Gasteiger partial charge in [0.2, 0.25) is 0 Å². The van der Waals surface area contributed by atoms with Gasteiger partial charge in [0, 0.05) is 13.1 Å². The van der Waals surface area contributed by atoms with E-state index in [1.165, 1.54) is 37.4 Å². The second kappa shape index (κ2) is 16.0. The molecule has 1 fully saturated rings. The van der Waals surface area contributed by atoms with Crippen LogP contribution in [0.3, 0.4) is 0 Å².